The van der Waals surface area contributed by atoms with Crippen LogP contribution in [0.15, 0.2) is 18.5 Å². The molecule has 126 valence electrons. The van der Waals surface area contributed by atoms with Gasteiger partial charge in [0.1, 0.15) is 0 Å². The van der Waals surface area contributed by atoms with Crippen LogP contribution < -0.4 is 10.6 Å². The van der Waals surface area contributed by atoms with Gasteiger partial charge in [-0.3, -0.25) is 4.98 Å². The molecule has 5 heteroatoms. The van der Waals surface area contributed by atoms with Crippen molar-refractivity contribution in [2.45, 2.75) is 64.1 Å². The van der Waals surface area contributed by atoms with E-state index in [0.717, 1.165) is 30.4 Å². The fourth-order valence-electron chi connectivity index (χ4n) is 3.83. The second-order valence-electron chi connectivity index (χ2n) is 7.93. The van der Waals surface area contributed by atoms with Crippen LogP contribution in [0.25, 0.3) is 0 Å². The van der Waals surface area contributed by atoms with E-state index in [0.29, 0.717) is 18.4 Å². The van der Waals surface area contributed by atoms with Gasteiger partial charge in [0.2, 0.25) is 0 Å². The molecular formula is C18H27N3O2. The quantitative estimate of drug-likeness (QED) is 0.801. The van der Waals surface area contributed by atoms with Gasteiger partial charge in [-0.25, -0.2) is 4.79 Å². The average molecular weight is 317 g/mol. The summed E-state index contributed by atoms with van der Waals surface area (Å²) in [5.74, 6) is 0.856. The molecule has 2 saturated carbocycles. The molecule has 3 rings (SSSR count). The van der Waals surface area contributed by atoms with Crippen molar-refractivity contribution < 1.29 is 9.90 Å². The van der Waals surface area contributed by atoms with Gasteiger partial charge in [-0.2, -0.15) is 0 Å². The predicted octanol–water partition coefficient (Wildman–Crippen LogP) is 2.34. The first-order chi connectivity index (χ1) is 10.9. The highest BCUT2D eigenvalue weighted by atomic mass is 16.3. The van der Waals surface area contributed by atoms with E-state index in [1.807, 2.05) is 6.20 Å². The van der Waals surface area contributed by atoms with E-state index in [9.17, 15) is 9.90 Å². The molecule has 2 aliphatic rings. The zero-order chi connectivity index (χ0) is 16.6. The Morgan fingerprint density at radius 2 is 2.04 bits per heavy atom. The minimum absolute atomic E-state index is 0.0405. The monoisotopic (exact) mass is 317 g/mol. The Labute approximate surface area is 137 Å². The van der Waals surface area contributed by atoms with Gasteiger partial charge in [0.05, 0.1) is 12.1 Å². The molecule has 0 radical (unpaired) electrons. The highest BCUT2D eigenvalue weighted by Crippen LogP contribution is 2.47. The van der Waals surface area contributed by atoms with Crippen LogP contribution in [0.1, 0.15) is 51.2 Å². The maximum atomic E-state index is 12.1. The summed E-state index contributed by atoms with van der Waals surface area (Å²) in [4.78, 5) is 16.3. The first kappa shape index (κ1) is 16.2. The summed E-state index contributed by atoms with van der Waals surface area (Å²) in [6, 6.07) is 1.79. The number of pyridine rings is 1. The molecule has 0 bridgehead atoms. The maximum Gasteiger partial charge on any atom is 0.315 e. The third-order valence-corrected chi connectivity index (χ3v) is 5.30. The summed E-state index contributed by atoms with van der Waals surface area (Å²) in [5, 5.41) is 15.9. The maximum absolute atomic E-state index is 12.1. The van der Waals surface area contributed by atoms with Crippen molar-refractivity contribution in [3.63, 3.8) is 0 Å². The van der Waals surface area contributed by atoms with Crippen molar-refractivity contribution in [3.05, 3.63) is 29.6 Å². The van der Waals surface area contributed by atoms with E-state index < -0.39 is 0 Å². The van der Waals surface area contributed by atoms with Gasteiger partial charge >= 0.3 is 6.03 Å². The highest BCUT2D eigenvalue weighted by molar-refractivity contribution is 5.74. The normalized spacial score (nSPS) is 29.6. The van der Waals surface area contributed by atoms with Crippen LogP contribution in [0.5, 0.6) is 0 Å². The van der Waals surface area contributed by atoms with Gasteiger partial charge < -0.3 is 15.7 Å². The number of nitrogens with zero attached hydrogens (tertiary/aromatic N) is 1. The highest BCUT2D eigenvalue weighted by Gasteiger charge is 2.52. The SMILES string of the molecule is CC(C)(C)c1cncc(CNC(=O)N[C@@H]2[C@H](O)[C@@H]3CCC[C@@H]32)c1. The largest absolute Gasteiger partial charge is 0.391 e. The first-order valence-electron chi connectivity index (χ1n) is 8.53. The van der Waals surface area contributed by atoms with Crippen molar-refractivity contribution in [2.24, 2.45) is 11.8 Å². The van der Waals surface area contributed by atoms with Crippen molar-refractivity contribution in [1.29, 1.82) is 0 Å². The Morgan fingerprint density at radius 1 is 1.30 bits per heavy atom. The number of carbonyl (C=O) groups is 1. The first-order valence-corrected chi connectivity index (χ1v) is 8.53. The van der Waals surface area contributed by atoms with Crippen LogP contribution in [0.4, 0.5) is 4.79 Å². The molecule has 5 nitrogen and oxygen atoms in total. The number of fused-ring (bicyclic) bond motifs is 1. The van der Waals surface area contributed by atoms with Crippen LogP contribution >= 0.6 is 0 Å². The molecular weight excluding hydrogens is 290 g/mol. The molecule has 2 fully saturated rings. The van der Waals surface area contributed by atoms with E-state index in [1.165, 1.54) is 0 Å². The molecule has 3 N–H and O–H groups in total. The van der Waals surface area contributed by atoms with Crippen LogP contribution in [-0.4, -0.2) is 28.3 Å². The molecule has 0 saturated heterocycles. The summed E-state index contributed by atoms with van der Waals surface area (Å²) in [6.07, 6.45) is 6.65. The Kier molecular flexibility index (Phi) is 4.32. The molecule has 1 aromatic heterocycles. The van der Waals surface area contributed by atoms with Gasteiger partial charge in [0, 0.05) is 18.9 Å². The van der Waals surface area contributed by atoms with Crippen molar-refractivity contribution in [3.8, 4) is 0 Å². The van der Waals surface area contributed by atoms with E-state index >= 15 is 0 Å². The lowest BCUT2D eigenvalue weighted by Crippen LogP contribution is -2.62. The smallest absolute Gasteiger partial charge is 0.315 e. The van der Waals surface area contributed by atoms with E-state index in [2.05, 4.69) is 42.5 Å². The van der Waals surface area contributed by atoms with Crippen molar-refractivity contribution >= 4 is 6.03 Å². The molecule has 0 unspecified atom stereocenters. The lowest BCUT2D eigenvalue weighted by atomic mass is 9.69. The molecule has 1 aromatic rings. The molecule has 2 aliphatic carbocycles. The topological polar surface area (TPSA) is 74.2 Å². The molecule has 23 heavy (non-hydrogen) atoms. The molecule has 0 aromatic carbocycles. The Bertz CT molecular complexity index is 582. The second kappa shape index (κ2) is 6.11. The van der Waals surface area contributed by atoms with E-state index in [-0.39, 0.29) is 23.6 Å². The van der Waals surface area contributed by atoms with Crippen molar-refractivity contribution in [2.75, 3.05) is 0 Å². The summed E-state index contributed by atoms with van der Waals surface area (Å²) in [6.45, 7) is 6.87. The van der Waals surface area contributed by atoms with E-state index in [4.69, 9.17) is 0 Å². The third kappa shape index (κ3) is 3.34. The molecule has 2 amide bonds. The van der Waals surface area contributed by atoms with Crippen LogP contribution in [0, 0.1) is 11.8 Å². The van der Waals surface area contributed by atoms with Gasteiger partial charge in [-0.15, -0.1) is 0 Å². The molecule has 1 heterocycles. The zero-order valence-corrected chi connectivity index (χ0v) is 14.2. The summed E-state index contributed by atoms with van der Waals surface area (Å²) < 4.78 is 0. The number of carbonyl (C=O) groups excluding carboxylic acids is 1. The molecule has 4 atom stereocenters. The minimum Gasteiger partial charge on any atom is -0.391 e. The molecule has 0 spiro atoms. The summed E-state index contributed by atoms with van der Waals surface area (Å²) in [5.41, 5.74) is 2.18. The fraction of sp³-hybridized carbons (Fsp3) is 0.667. The number of nitrogens with one attached hydrogen (secondary N) is 2. The van der Waals surface area contributed by atoms with Gasteiger partial charge in [0.25, 0.3) is 0 Å². The van der Waals surface area contributed by atoms with Crippen LogP contribution in [0.3, 0.4) is 0 Å². The number of aromatic nitrogens is 1. The number of hydrogen-bond acceptors (Lipinski definition) is 3. The van der Waals surface area contributed by atoms with Crippen LogP contribution in [-0.2, 0) is 12.0 Å². The Morgan fingerprint density at radius 3 is 2.78 bits per heavy atom. The number of urea groups is 1. The van der Waals surface area contributed by atoms with Crippen LogP contribution in [0.2, 0.25) is 0 Å². The van der Waals surface area contributed by atoms with Gasteiger partial charge in [-0.05, 0) is 41.2 Å². The third-order valence-electron chi connectivity index (χ3n) is 5.30. The standard InChI is InChI=1S/C18H27N3O2/c1-18(2,3)12-7-11(8-19-10-12)9-20-17(23)21-15-13-5-4-6-14(13)16(15)22/h7-8,10,13-16,22H,4-6,9H2,1-3H3,(H2,20,21,23)/t13-,14+,15-,16+/m0/s1. The zero-order valence-electron chi connectivity index (χ0n) is 14.2. The summed E-state index contributed by atoms with van der Waals surface area (Å²) >= 11 is 0. The van der Waals surface area contributed by atoms with Crippen molar-refractivity contribution in [1.82, 2.24) is 15.6 Å². The Balaban J connectivity index is 1.51. The number of aliphatic hydroxyl groups is 1. The molecule has 0 aliphatic heterocycles. The number of rotatable bonds is 3. The number of hydrogen-bond donors (Lipinski definition) is 3. The lowest BCUT2D eigenvalue weighted by molar-refractivity contribution is -0.0504. The lowest BCUT2D eigenvalue weighted by Gasteiger charge is -2.46. The second-order valence-corrected chi connectivity index (χ2v) is 7.93. The van der Waals surface area contributed by atoms with E-state index in [1.54, 1.807) is 6.20 Å². The Hall–Kier alpha value is -1.62. The number of aliphatic hydroxyl groups excluding tert-OH is 1. The summed E-state index contributed by atoms with van der Waals surface area (Å²) in [7, 11) is 0. The number of amides is 2. The fourth-order valence-corrected chi connectivity index (χ4v) is 3.83. The van der Waals surface area contributed by atoms with Gasteiger partial charge in [0.15, 0.2) is 0 Å². The minimum atomic E-state index is -0.376. The van der Waals surface area contributed by atoms with Gasteiger partial charge in [-0.1, -0.05) is 33.3 Å². The predicted molar refractivity (Wildman–Crippen MR) is 88.9 cm³/mol. The average Bonchev–Trinajstić information content (AvgIpc) is 2.95.